The summed E-state index contributed by atoms with van der Waals surface area (Å²) in [7, 11) is 0. The number of carbonyl (C=O) groups excluding carboxylic acids is 1. The average molecular weight is 363 g/mol. The number of allylic oxidation sites excluding steroid dienone is 1. The zero-order chi connectivity index (χ0) is 19.4. The summed E-state index contributed by atoms with van der Waals surface area (Å²) in [4.78, 5) is 23.7. The Bertz CT molecular complexity index is 1020. The first kappa shape index (κ1) is 18.3. The predicted molar refractivity (Wildman–Crippen MR) is 101 cm³/mol. The largest absolute Gasteiger partial charge is 0.478 e. The van der Waals surface area contributed by atoms with E-state index in [1.807, 2.05) is 19.1 Å². The van der Waals surface area contributed by atoms with Crippen molar-refractivity contribution in [2.24, 2.45) is 0 Å². The molecule has 0 amide bonds. The molecule has 4 nitrogen and oxygen atoms in total. The van der Waals surface area contributed by atoms with Crippen LogP contribution in [0.3, 0.4) is 0 Å². The van der Waals surface area contributed by atoms with Crippen molar-refractivity contribution in [1.29, 1.82) is 0 Å². The van der Waals surface area contributed by atoms with Gasteiger partial charge in [0.1, 0.15) is 5.82 Å². The smallest absolute Gasteiger partial charge is 0.338 e. The van der Waals surface area contributed by atoms with Crippen molar-refractivity contribution < 1.29 is 19.1 Å². The van der Waals surface area contributed by atoms with Gasteiger partial charge in [-0.05, 0) is 25.1 Å². The molecule has 0 radical (unpaired) electrons. The molecule has 1 aromatic heterocycles. The molecule has 3 rings (SSSR count). The number of aryl methyl sites for hydroxylation is 1. The Balaban J connectivity index is 1.79. The van der Waals surface area contributed by atoms with Crippen LogP contribution in [0.25, 0.3) is 6.08 Å². The van der Waals surface area contributed by atoms with Crippen molar-refractivity contribution in [3.63, 3.8) is 0 Å². The molecule has 0 aliphatic rings. The van der Waals surface area contributed by atoms with E-state index in [9.17, 15) is 14.0 Å². The number of aromatic nitrogens is 1. The average Bonchev–Trinajstić information content (AvgIpc) is 3.11. The van der Waals surface area contributed by atoms with Gasteiger partial charge >= 0.3 is 5.97 Å². The van der Waals surface area contributed by atoms with Crippen molar-refractivity contribution in [2.75, 3.05) is 0 Å². The predicted octanol–water partition coefficient (Wildman–Crippen LogP) is 4.58. The molecule has 2 aromatic carbocycles. The van der Waals surface area contributed by atoms with E-state index < -0.39 is 11.8 Å². The molecule has 0 spiro atoms. The Hall–Kier alpha value is -3.47. The number of aromatic carboxylic acids is 1. The zero-order valence-corrected chi connectivity index (χ0v) is 14.7. The maximum Gasteiger partial charge on any atom is 0.338 e. The Morgan fingerprint density at radius 1 is 1.07 bits per heavy atom. The molecule has 0 saturated carbocycles. The van der Waals surface area contributed by atoms with Gasteiger partial charge in [0.25, 0.3) is 0 Å². The van der Waals surface area contributed by atoms with E-state index in [-0.39, 0.29) is 16.9 Å². The molecule has 27 heavy (non-hydrogen) atoms. The van der Waals surface area contributed by atoms with Gasteiger partial charge in [0.05, 0.1) is 11.3 Å². The number of hydrogen-bond acceptors (Lipinski definition) is 2. The van der Waals surface area contributed by atoms with Crippen molar-refractivity contribution in [2.45, 2.75) is 13.5 Å². The number of carboxylic acids is 1. The Morgan fingerprint density at radius 3 is 2.52 bits per heavy atom. The number of halogens is 1. The van der Waals surface area contributed by atoms with Gasteiger partial charge in [-0.3, -0.25) is 4.79 Å². The second kappa shape index (κ2) is 7.83. The Morgan fingerprint density at radius 2 is 1.81 bits per heavy atom. The van der Waals surface area contributed by atoms with Crippen LogP contribution in [0.15, 0.2) is 66.9 Å². The minimum absolute atomic E-state index is 0.0903. The van der Waals surface area contributed by atoms with Crippen LogP contribution < -0.4 is 0 Å². The van der Waals surface area contributed by atoms with Crippen LogP contribution in [0.4, 0.5) is 4.39 Å². The highest BCUT2D eigenvalue weighted by molar-refractivity contribution is 6.08. The molecule has 0 aliphatic carbocycles. The van der Waals surface area contributed by atoms with Gasteiger partial charge in [-0.25, -0.2) is 9.18 Å². The van der Waals surface area contributed by atoms with Gasteiger partial charge in [0.2, 0.25) is 5.78 Å². The highest BCUT2D eigenvalue weighted by Crippen LogP contribution is 2.16. The minimum Gasteiger partial charge on any atom is -0.478 e. The van der Waals surface area contributed by atoms with Gasteiger partial charge in [0, 0.05) is 23.9 Å². The fraction of sp³-hybridized carbons (Fsp3) is 0.0909. The van der Waals surface area contributed by atoms with Crippen LogP contribution in [0.5, 0.6) is 0 Å². The summed E-state index contributed by atoms with van der Waals surface area (Å²) in [6.45, 7) is 2.32. The SMILES string of the molecule is Cc1ccc(C(=O)c2cccn2C/C=C/c2cccc(C(=O)O)c2F)cc1. The number of benzene rings is 2. The number of rotatable bonds is 6. The molecule has 0 fully saturated rings. The second-order valence-corrected chi connectivity index (χ2v) is 6.16. The Labute approximate surface area is 156 Å². The van der Waals surface area contributed by atoms with Crippen molar-refractivity contribution in [3.05, 3.63) is 101 Å². The number of carbonyl (C=O) groups is 2. The maximum absolute atomic E-state index is 14.2. The molecule has 3 aromatic rings. The summed E-state index contributed by atoms with van der Waals surface area (Å²) in [5, 5.41) is 8.98. The third-order valence-corrected chi connectivity index (χ3v) is 4.23. The van der Waals surface area contributed by atoms with Crippen LogP contribution in [-0.2, 0) is 6.54 Å². The standard InChI is InChI=1S/C22H18FNO3/c1-15-9-11-17(12-10-15)21(25)19-8-4-14-24(19)13-3-6-16-5-2-7-18(20(16)23)22(26)27/h2-12,14H,13H2,1H3,(H,26,27)/b6-3+. The highest BCUT2D eigenvalue weighted by atomic mass is 19.1. The number of carboxylic acid groups (broad SMARTS) is 1. The molecule has 5 heteroatoms. The van der Waals surface area contributed by atoms with Crippen LogP contribution in [0.2, 0.25) is 0 Å². The van der Waals surface area contributed by atoms with E-state index in [4.69, 9.17) is 5.11 Å². The van der Waals surface area contributed by atoms with Gasteiger partial charge in [0.15, 0.2) is 0 Å². The Kier molecular flexibility index (Phi) is 5.31. The first-order valence-electron chi connectivity index (χ1n) is 8.42. The molecular weight excluding hydrogens is 345 g/mol. The first-order valence-corrected chi connectivity index (χ1v) is 8.42. The second-order valence-electron chi connectivity index (χ2n) is 6.16. The molecule has 1 heterocycles. The van der Waals surface area contributed by atoms with Gasteiger partial charge in [-0.2, -0.15) is 0 Å². The lowest BCUT2D eigenvalue weighted by atomic mass is 10.1. The quantitative estimate of drug-likeness (QED) is 0.652. The van der Waals surface area contributed by atoms with Crippen LogP contribution in [-0.4, -0.2) is 21.4 Å². The van der Waals surface area contributed by atoms with Crippen LogP contribution in [0, 0.1) is 12.7 Å². The third-order valence-electron chi connectivity index (χ3n) is 4.23. The monoisotopic (exact) mass is 363 g/mol. The van der Waals surface area contributed by atoms with E-state index in [1.165, 1.54) is 24.3 Å². The summed E-state index contributed by atoms with van der Waals surface area (Å²) in [6.07, 6.45) is 4.98. The number of hydrogen-bond donors (Lipinski definition) is 1. The summed E-state index contributed by atoms with van der Waals surface area (Å²) in [6, 6.07) is 15.1. The summed E-state index contributed by atoms with van der Waals surface area (Å²) >= 11 is 0. The fourth-order valence-electron chi connectivity index (χ4n) is 2.77. The van der Waals surface area contributed by atoms with Crippen molar-refractivity contribution >= 4 is 17.8 Å². The van der Waals surface area contributed by atoms with Crippen molar-refractivity contribution in [1.82, 2.24) is 4.57 Å². The fourth-order valence-corrected chi connectivity index (χ4v) is 2.77. The highest BCUT2D eigenvalue weighted by Gasteiger charge is 2.13. The third kappa shape index (κ3) is 4.03. The lowest BCUT2D eigenvalue weighted by molar-refractivity contribution is 0.0691. The van der Waals surface area contributed by atoms with E-state index in [2.05, 4.69) is 0 Å². The molecule has 0 atom stereocenters. The first-order chi connectivity index (χ1) is 13.0. The number of nitrogens with zero attached hydrogens (tertiary/aromatic N) is 1. The normalized spacial score (nSPS) is 11.0. The molecule has 0 unspecified atom stereocenters. The van der Waals surface area contributed by atoms with E-state index in [0.717, 1.165) is 5.56 Å². The summed E-state index contributed by atoms with van der Waals surface area (Å²) in [5.41, 5.74) is 2.03. The molecular formula is C22H18FNO3. The molecule has 136 valence electrons. The molecule has 1 N–H and O–H groups in total. The van der Waals surface area contributed by atoms with E-state index in [0.29, 0.717) is 17.8 Å². The molecule has 0 bridgehead atoms. The lowest BCUT2D eigenvalue weighted by Crippen LogP contribution is -2.09. The van der Waals surface area contributed by atoms with Gasteiger partial charge in [-0.1, -0.05) is 54.1 Å². The summed E-state index contributed by atoms with van der Waals surface area (Å²) < 4.78 is 15.9. The van der Waals surface area contributed by atoms with E-state index >= 15 is 0 Å². The zero-order valence-electron chi connectivity index (χ0n) is 14.7. The topological polar surface area (TPSA) is 59.3 Å². The van der Waals surface area contributed by atoms with Crippen LogP contribution in [0.1, 0.15) is 37.5 Å². The minimum atomic E-state index is -1.31. The molecule has 0 saturated heterocycles. The number of ketones is 1. The van der Waals surface area contributed by atoms with E-state index in [1.54, 1.807) is 41.1 Å². The summed E-state index contributed by atoms with van der Waals surface area (Å²) in [5.74, 6) is -2.17. The van der Waals surface area contributed by atoms with Crippen LogP contribution >= 0.6 is 0 Å². The lowest BCUT2D eigenvalue weighted by Gasteiger charge is -2.07. The van der Waals surface area contributed by atoms with Crippen molar-refractivity contribution in [3.8, 4) is 0 Å². The van der Waals surface area contributed by atoms with Gasteiger partial charge < -0.3 is 9.67 Å². The molecule has 0 aliphatic heterocycles. The van der Waals surface area contributed by atoms with Gasteiger partial charge in [-0.15, -0.1) is 0 Å². The maximum atomic E-state index is 14.2.